The van der Waals surface area contributed by atoms with Crippen LogP contribution < -0.4 is 10.1 Å². The third-order valence-corrected chi connectivity index (χ3v) is 3.87. The number of rotatable bonds is 4. The number of aryl methyl sites for hydroxylation is 1. The third kappa shape index (κ3) is 3.41. The Morgan fingerprint density at radius 2 is 2.04 bits per heavy atom. The Bertz CT molecular complexity index is 889. The number of nitrogens with zero attached hydrogens (tertiary/aromatic N) is 1. The van der Waals surface area contributed by atoms with E-state index < -0.39 is 0 Å². The Morgan fingerprint density at radius 1 is 1.21 bits per heavy atom. The zero-order valence-electron chi connectivity index (χ0n) is 13.3. The van der Waals surface area contributed by atoms with Gasteiger partial charge in [-0.1, -0.05) is 29.8 Å². The van der Waals surface area contributed by atoms with Crippen molar-refractivity contribution in [1.82, 2.24) is 10.2 Å². The van der Waals surface area contributed by atoms with Gasteiger partial charge in [-0.2, -0.15) is 5.10 Å². The van der Waals surface area contributed by atoms with E-state index in [1.807, 2.05) is 31.2 Å². The van der Waals surface area contributed by atoms with Crippen LogP contribution in [-0.2, 0) is 0 Å². The van der Waals surface area contributed by atoms with Gasteiger partial charge in [-0.05, 0) is 36.8 Å². The predicted molar refractivity (Wildman–Crippen MR) is 94.7 cm³/mol. The minimum Gasteiger partial charge on any atom is -0.497 e. The average molecular weight is 342 g/mol. The zero-order chi connectivity index (χ0) is 17.1. The van der Waals surface area contributed by atoms with E-state index >= 15 is 0 Å². The number of anilines is 1. The predicted octanol–water partition coefficient (Wildman–Crippen LogP) is 4.30. The highest BCUT2D eigenvalue weighted by Crippen LogP contribution is 2.24. The van der Waals surface area contributed by atoms with Crippen molar-refractivity contribution in [2.45, 2.75) is 6.92 Å². The normalized spacial score (nSPS) is 10.5. The maximum Gasteiger partial charge on any atom is 0.273 e. The van der Waals surface area contributed by atoms with E-state index in [2.05, 4.69) is 15.5 Å². The van der Waals surface area contributed by atoms with E-state index in [4.69, 9.17) is 16.3 Å². The molecule has 0 fully saturated rings. The Labute approximate surface area is 144 Å². The molecule has 0 spiro atoms. The fourth-order valence-corrected chi connectivity index (χ4v) is 2.48. The first-order valence-electron chi connectivity index (χ1n) is 7.34. The van der Waals surface area contributed by atoms with Gasteiger partial charge in [0, 0.05) is 22.3 Å². The number of benzene rings is 2. The van der Waals surface area contributed by atoms with Crippen molar-refractivity contribution < 1.29 is 9.53 Å². The molecule has 0 unspecified atom stereocenters. The summed E-state index contributed by atoms with van der Waals surface area (Å²) in [6.07, 6.45) is 0. The Morgan fingerprint density at radius 3 is 2.79 bits per heavy atom. The van der Waals surface area contributed by atoms with Crippen LogP contribution in [0.5, 0.6) is 5.75 Å². The van der Waals surface area contributed by atoms with E-state index in [0.717, 1.165) is 11.1 Å². The number of aromatic amines is 1. The number of carbonyl (C=O) groups excluding carboxylic acids is 1. The van der Waals surface area contributed by atoms with Crippen molar-refractivity contribution in [3.05, 3.63) is 64.8 Å². The molecule has 2 aromatic carbocycles. The van der Waals surface area contributed by atoms with E-state index in [9.17, 15) is 4.79 Å². The van der Waals surface area contributed by atoms with Crippen LogP contribution in [0.25, 0.3) is 11.3 Å². The number of nitrogens with one attached hydrogen (secondary N) is 2. The Hall–Kier alpha value is -2.79. The molecule has 5 nitrogen and oxygen atoms in total. The van der Waals surface area contributed by atoms with Crippen molar-refractivity contribution >= 4 is 23.2 Å². The van der Waals surface area contributed by atoms with Gasteiger partial charge in [0.05, 0.1) is 12.8 Å². The summed E-state index contributed by atoms with van der Waals surface area (Å²) in [5, 5.41) is 10.4. The smallest absolute Gasteiger partial charge is 0.273 e. The maximum absolute atomic E-state index is 12.4. The lowest BCUT2D eigenvalue weighted by atomic mass is 10.1. The standard InChI is InChI=1S/C18H16ClN3O2/c1-11-6-7-14(24-2)9-15(11)20-18(23)17-10-16(21-22-17)12-4-3-5-13(19)8-12/h3-10H,1-2H3,(H,20,23)(H,21,22). The molecule has 122 valence electrons. The van der Waals surface area contributed by atoms with Gasteiger partial charge in [-0.15, -0.1) is 0 Å². The number of aromatic nitrogens is 2. The van der Waals surface area contributed by atoms with E-state index in [0.29, 0.717) is 27.8 Å². The molecule has 24 heavy (non-hydrogen) atoms. The Balaban J connectivity index is 1.82. The zero-order valence-corrected chi connectivity index (χ0v) is 14.0. The molecule has 0 atom stereocenters. The van der Waals surface area contributed by atoms with Crippen LogP contribution >= 0.6 is 11.6 Å². The van der Waals surface area contributed by atoms with Crippen molar-refractivity contribution in [2.75, 3.05) is 12.4 Å². The highest BCUT2D eigenvalue weighted by Gasteiger charge is 2.13. The number of hydrogen-bond acceptors (Lipinski definition) is 3. The lowest BCUT2D eigenvalue weighted by molar-refractivity contribution is 0.102. The molecule has 6 heteroatoms. The summed E-state index contributed by atoms with van der Waals surface area (Å²) in [5.41, 5.74) is 3.50. The number of ether oxygens (including phenoxy) is 1. The first-order valence-corrected chi connectivity index (χ1v) is 7.72. The molecule has 0 aliphatic rings. The van der Waals surface area contributed by atoms with Gasteiger partial charge < -0.3 is 10.1 Å². The highest BCUT2D eigenvalue weighted by atomic mass is 35.5. The van der Waals surface area contributed by atoms with Crippen LogP contribution in [0.4, 0.5) is 5.69 Å². The summed E-state index contributed by atoms with van der Waals surface area (Å²) in [5.74, 6) is 0.409. The number of carbonyl (C=O) groups is 1. The number of hydrogen-bond donors (Lipinski definition) is 2. The largest absolute Gasteiger partial charge is 0.497 e. The van der Waals surface area contributed by atoms with E-state index in [1.54, 1.807) is 31.4 Å². The van der Waals surface area contributed by atoms with Crippen molar-refractivity contribution in [3.8, 4) is 17.0 Å². The van der Waals surface area contributed by atoms with Gasteiger partial charge in [0.2, 0.25) is 0 Å². The molecule has 0 radical (unpaired) electrons. The SMILES string of the molecule is COc1ccc(C)c(NC(=O)c2cc(-c3cccc(Cl)c3)n[nH]2)c1. The fourth-order valence-electron chi connectivity index (χ4n) is 2.29. The Kier molecular flexibility index (Phi) is 4.53. The van der Waals surface area contributed by atoms with Crippen molar-refractivity contribution in [2.24, 2.45) is 0 Å². The van der Waals surface area contributed by atoms with Gasteiger partial charge in [0.1, 0.15) is 11.4 Å². The van der Waals surface area contributed by atoms with Crippen LogP contribution in [0.15, 0.2) is 48.5 Å². The molecule has 0 aliphatic heterocycles. The monoisotopic (exact) mass is 341 g/mol. The lowest BCUT2D eigenvalue weighted by Gasteiger charge is -2.09. The highest BCUT2D eigenvalue weighted by molar-refractivity contribution is 6.30. The van der Waals surface area contributed by atoms with Crippen molar-refractivity contribution in [3.63, 3.8) is 0 Å². The lowest BCUT2D eigenvalue weighted by Crippen LogP contribution is -2.13. The van der Waals surface area contributed by atoms with Gasteiger partial charge in [0.25, 0.3) is 5.91 Å². The quantitative estimate of drug-likeness (QED) is 0.743. The molecule has 0 aliphatic carbocycles. The van der Waals surface area contributed by atoms with Crippen LogP contribution in [0.2, 0.25) is 5.02 Å². The van der Waals surface area contributed by atoms with Crippen LogP contribution in [0.1, 0.15) is 16.1 Å². The van der Waals surface area contributed by atoms with Crippen molar-refractivity contribution in [1.29, 1.82) is 0 Å². The summed E-state index contributed by atoms with van der Waals surface area (Å²) in [6, 6.07) is 14.5. The number of H-pyrrole nitrogens is 1. The molecule has 3 aromatic rings. The molecule has 3 rings (SSSR count). The number of amides is 1. The second kappa shape index (κ2) is 6.76. The second-order valence-electron chi connectivity index (χ2n) is 5.31. The van der Waals surface area contributed by atoms with Crippen LogP contribution in [0, 0.1) is 6.92 Å². The molecule has 0 saturated carbocycles. The minimum atomic E-state index is -0.271. The van der Waals surface area contributed by atoms with Gasteiger partial charge >= 0.3 is 0 Å². The summed E-state index contributed by atoms with van der Waals surface area (Å²) in [6.45, 7) is 1.92. The molecule has 1 heterocycles. The first kappa shape index (κ1) is 16.1. The van der Waals surface area contributed by atoms with Crippen LogP contribution in [-0.4, -0.2) is 23.2 Å². The fraction of sp³-hybridized carbons (Fsp3) is 0.111. The average Bonchev–Trinajstić information content (AvgIpc) is 3.07. The molecular formula is C18H16ClN3O2. The molecule has 0 saturated heterocycles. The molecular weight excluding hydrogens is 326 g/mol. The third-order valence-electron chi connectivity index (χ3n) is 3.64. The summed E-state index contributed by atoms with van der Waals surface area (Å²) in [4.78, 5) is 12.4. The first-order chi connectivity index (χ1) is 11.6. The topological polar surface area (TPSA) is 67.0 Å². The number of methoxy groups -OCH3 is 1. The second-order valence-corrected chi connectivity index (χ2v) is 5.75. The minimum absolute atomic E-state index is 0.271. The van der Waals surface area contributed by atoms with Gasteiger partial charge in [-0.3, -0.25) is 9.89 Å². The molecule has 0 bridgehead atoms. The van der Waals surface area contributed by atoms with Gasteiger partial charge in [0.15, 0.2) is 0 Å². The maximum atomic E-state index is 12.4. The number of halogens is 1. The summed E-state index contributed by atoms with van der Waals surface area (Å²) >= 11 is 5.99. The molecule has 1 aromatic heterocycles. The summed E-state index contributed by atoms with van der Waals surface area (Å²) < 4.78 is 5.19. The van der Waals surface area contributed by atoms with Crippen LogP contribution in [0.3, 0.4) is 0 Å². The van der Waals surface area contributed by atoms with E-state index in [1.165, 1.54) is 0 Å². The van der Waals surface area contributed by atoms with Gasteiger partial charge in [-0.25, -0.2) is 0 Å². The van der Waals surface area contributed by atoms with E-state index in [-0.39, 0.29) is 5.91 Å². The molecule has 1 amide bonds. The molecule has 2 N–H and O–H groups in total. The summed E-state index contributed by atoms with van der Waals surface area (Å²) in [7, 11) is 1.59.